The second-order valence-corrected chi connectivity index (χ2v) is 7.47. The van der Waals surface area contributed by atoms with E-state index in [-0.39, 0.29) is 5.91 Å². The first-order valence-corrected chi connectivity index (χ1v) is 9.64. The van der Waals surface area contributed by atoms with Gasteiger partial charge in [0.1, 0.15) is 0 Å². The van der Waals surface area contributed by atoms with E-state index in [1.54, 1.807) is 11.8 Å². The Labute approximate surface area is 153 Å². The highest BCUT2D eigenvalue weighted by atomic mass is 32.2. The number of rotatable bonds is 7. The molecule has 0 aliphatic heterocycles. The van der Waals surface area contributed by atoms with E-state index in [0.717, 1.165) is 17.7 Å². The molecular weight excluding hydrogens is 328 g/mol. The maximum absolute atomic E-state index is 12.0. The van der Waals surface area contributed by atoms with Gasteiger partial charge in [0, 0.05) is 40.7 Å². The van der Waals surface area contributed by atoms with Crippen molar-refractivity contribution in [2.24, 2.45) is 0 Å². The first kappa shape index (κ1) is 17.6. The van der Waals surface area contributed by atoms with Gasteiger partial charge in [-0.05, 0) is 55.2 Å². The molecule has 0 aliphatic rings. The number of aromatic amines is 1. The third kappa shape index (κ3) is 4.67. The fourth-order valence-corrected chi connectivity index (χ4v) is 3.78. The van der Waals surface area contributed by atoms with Crippen molar-refractivity contribution in [1.29, 1.82) is 0 Å². The Morgan fingerprint density at radius 1 is 1.12 bits per heavy atom. The monoisotopic (exact) mass is 352 g/mol. The lowest BCUT2D eigenvalue weighted by Crippen LogP contribution is -2.25. The minimum absolute atomic E-state index is 0.121. The molecule has 0 bridgehead atoms. The molecule has 1 amide bonds. The van der Waals surface area contributed by atoms with Crippen LogP contribution in [-0.2, 0) is 11.2 Å². The standard InChI is InChI=1S/C21H24N2OS/c1-15-7-8-18(13-16(15)2)25-12-10-21(24)22-11-9-17-14-23-20-6-4-3-5-19(17)20/h3-8,13-14,23H,9-12H2,1-2H3,(H,22,24). The minimum Gasteiger partial charge on any atom is -0.361 e. The molecule has 3 rings (SSSR count). The van der Waals surface area contributed by atoms with Crippen molar-refractivity contribution in [1.82, 2.24) is 10.3 Å². The van der Waals surface area contributed by atoms with E-state index >= 15 is 0 Å². The fraction of sp³-hybridized carbons (Fsp3) is 0.286. The summed E-state index contributed by atoms with van der Waals surface area (Å²) < 4.78 is 0. The Bertz CT molecular complexity index is 869. The van der Waals surface area contributed by atoms with Crippen LogP contribution in [0.25, 0.3) is 10.9 Å². The van der Waals surface area contributed by atoms with E-state index in [0.29, 0.717) is 13.0 Å². The highest BCUT2D eigenvalue weighted by Crippen LogP contribution is 2.21. The Morgan fingerprint density at radius 2 is 1.96 bits per heavy atom. The summed E-state index contributed by atoms with van der Waals surface area (Å²) in [5.74, 6) is 0.928. The number of carbonyl (C=O) groups is 1. The van der Waals surface area contributed by atoms with Crippen molar-refractivity contribution in [3.05, 3.63) is 65.4 Å². The van der Waals surface area contributed by atoms with Crippen LogP contribution in [-0.4, -0.2) is 23.2 Å². The molecule has 4 heteroatoms. The predicted molar refractivity (Wildman–Crippen MR) is 106 cm³/mol. The van der Waals surface area contributed by atoms with Crippen molar-refractivity contribution >= 4 is 28.6 Å². The number of hydrogen-bond donors (Lipinski definition) is 2. The van der Waals surface area contributed by atoms with Gasteiger partial charge in [0.05, 0.1) is 0 Å². The van der Waals surface area contributed by atoms with Crippen LogP contribution in [0.5, 0.6) is 0 Å². The normalized spacial score (nSPS) is 11.0. The number of H-pyrrole nitrogens is 1. The van der Waals surface area contributed by atoms with Crippen molar-refractivity contribution in [3.63, 3.8) is 0 Å². The van der Waals surface area contributed by atoms with Crippen molar-refractivity contribution < 1.29 is 4.79 Å². The summed E-state index contributed by atoms with van der Waals surface area (Å²) in [6, 6.07) is 14.7. The number of thioether (sulfide) groups is 1. The van der Waals surface area contributed by atoms with E-state index in [1.165, 1.54) is 27.0 Å². The largest absolute Gasteiger partial charge is 0.361 e. The Hall–Kier alpha value is -2.20. The lowest BCUT2D eigenvalue weighted by atomic mass is 10.1. The summed E-state index contributed by atoms with van der Waals surface area (Å²) in [6.45, 7) is 4.91. The first-order chi connectivity index (χ1) is 12.1. The number of fused-ring (bicyclic) bond motifs is 1. The van der Waals surface area contributed by atoms with Crippen LogP contribution in [0.4, 0.5) is 0 Å². The Morgan fingerprint density at radius 3 is 2.80 bits per heavy atom. The zero-order valence-electron chi connectivity index (χ0n) is 14.8. The number of carbonyl (C=O) groups excluding carboxylic acids is 1. The van der Waals surface area contributed by atoms with E-state index < -0.39 is 0 Å². The van der Waals surface area contributed by atoms with Crippen LogP contribution in [0.1, 0.15) is 23.1 Å². The predicted octanol–water partition coefficient (Wildman–Crippen LogP) is 4.63. The molecule has 0 aliphatic carbocycles. The molecule has 3 aromatic rings. The maximum Gasteiger partial charge on any atom is 0.220 e. The zero-order valence-corrected chi connectivity index (χ0v) is 15.6. The second-order valence-electron chi connectivity index (χ2n) is 6.30. The van der Waals surface area contributed by atoms with Crippen LogP contribution < -0.4 is 5.32 Å². The molecule has 1 aromatic heterocycles. The number of aryl methyl sites for hydroxylation is 2. The molecular formula is C21H24N2OS. The fourth-order valence-electron chi connectivity index (χ4n) is 2.83. The van der Waals surface area contributed by atoms with E-state index in [9.17, 15) is 4.79 Å². The van der Waals surface area contributed by atoms with Gasteiger partial charge < -0.3 is 10.3 Å². The third-order valence-corrected chi connectivity index (χ3v) is 5.46. The average Bonchev–Trinajstić information content (AvgIpc) is 3.01. The van der Waals surface area contributed by atoms with Crippen LogP contribution in [0, 0.1) is 13.8 Å². The highest BCUT2D eigenvalue weighted by Gasteiger charge is 2.05. The van der Waals surface area contributed by atoms with E-state index in [1.807, 2.05) is 18.3 Å². The van der Waals surface area contributed by atoms with Crippen molar-refractivity contribution in [3.8, 4) is 0 Å². The molecule has 3 nitrogen and oxygen atoms in total. The number of aromatic nitrogens is 1. The molecule has 0 saturated carbocycles. The summed E-state index contributed by atoms with van der Waals surface area (Å²) in [6.07, 6.45) is 3.43. The minimum atomic E-state index is 0.121. The van der Waals surface area contributed by atoms with Gasteiger partial charge in [-0.25, -0.2) is 0 Å². The van der Waals surface area contributed by atoms with Crippen LogP contribution >= 0.6 is 11.8 Å². The number of nitrogens with one attached hydrogen (secondary N) is 2. The van der Waals surface area contributed by atoms with Gasteiger partial charge in [-0.2, -0.15) is 0 Å². The van der Waals surface area contributed by atoms with Gasteiger partial charge in [-0.3, -0.25) is 4.79 Å². The lowest BCUT2D eigenvalue weighted by Gasteiger charge is -2.06. The molecule has 25 heavy (non-hydrogen) atoms. The molecule has 1 heterocycles. The van der Waals surface area contributed by atoms with E-state index in [4.69, 9.17) is 0 Å². The topological polar surface area (TPSA) is 44.9 Å². The van der Waals surface area contributed by atoms with Gasteiger partial charge >= 0.3 is 0 Å². The highest BCUT2D eigenvalue weighted by molar-refractivity contribution is 7.99. The van der Waals surface area contributed by atoms with Gasteiger partial charge in [0.15, 0.2) is 0 Å². The zero-order chi connectivity index (χ0) is 17.6. The van der Waals surface area contributed by atoms with Gasteiger partial charge in [0.2, 0.25) is 5.91 Å². The molecule has 0 atom stereocenters. The molecule has 2 aromatic carbocycles. The number of benzene rings is 2. The molecule has 0 fully saturated rings. The summed E-state index contributed by atoms with van der Waals surface area (Å²) >= 11 is 1.74. The molecule has 130 valence electrons. The van der Waals surface area contributed by atoms with Crippen LogP contribution in [0.15, 0.2) is 53.6 Å². The number of amides is 1. The molecule has 0 radical (unpaired) electrons. The summed E-state index contributed by atoms with van der Waals surface area (Å²) in [7, 11) is 0. The quantitative estimate of drug-likeness (QED) is 0.609. The van der Waals surface area contributed by atoms with Gasteiger partial charge in [0.25, 0.3) is 0 Å². The summed E-state index contributed by atoms with van der Waals surface area (Å²) in [5.41, 5.74) is 5.00. The van der Waals surface area contributed by atoms with Crippen molar-refractivity contribution in [2.75, 3.05) is 12.3 Å². The summed E-state index contributed by atoms with van der Waals surface area (Å²) in [4.78, 5) is 16.5. The van der Waals surface area contributed by atoms with Crippen molar-refractivity contribution in [2.45, 2.75) is 31.6 Å². The van der Waals surface area contributed by atoms with Crippen LogP contribution in [0.2, 0.25) is 0 Å². The third-order valence-electron chi connectivity index (χ3n) is 4.47. The Balaban J connectivity index is 1.40. The first-order valence-electron chi connectivity index (χ1n) is 8.65. The smallest absolute Gasteiger partial charge is 0.220 e. The van der Waals surface area contributed by atoms with Gasteiger partial charge in [-0.15, -0.1) is 11.8 Å². The van der Waals surface area contributed by atoms with E-state index in [2.05, 4.69) is 54.5 Å². The molecule has 0 spiro atoms. The second kappa shape index (κ2) is 8.26. The molecule has 2 N–H and O–H groups in total. The SMILES string of the molecule is Cc1ccc(SCCC(=O)NCCc2c[nH]c3ccccc23)cc1C. The summed E-state index contributed by atoms with van der Waals surface area (Å²) in [5, 5.41) is 4.26. The number of para-hydroxylation sites is 1. The average molecular weight is 353 g/mol. The molecule has 0 unspecified atom stereocenters. The number of hydrogen-bond acceptors (Lipinski definition) is 2. The van der Waals surface area contributed by atoms with Gasteiger partial charge in [-0.1, -0.05) is 24.3 Å². The Kier molecular flexibility index (Phi) is 5.82. The lowest BCUT2D eigenvalue weighted by molar-refractivity contribution is -0.120. The molecule has 0 saturated heterocycles. The van der Waals surface area contributed by atoms with Crippen LogP contribution in [0.3, 0.4) is 0 Å². The maximum atomic E-state index is 12.0.